The molecule has 2 rings (SSSR count). The maximum Gasteiger partial charge on any atom is 0.142 e. The molecule has 17 heavy (non-hydrogen) atoms. The van der Waals surface area contributed by atoms with Crippen LogP contribution in [0.25, 0.3) is 0 Å². The van der Waals surface area contributed by atoms with Crippen molar-refractivity contribution in [1.82, 2.24) is 9.78 Å². The standard InChI is InChI=1S/C11H10Cl2FN3/c1-6(17-11(15)2-3-16-17)7-4-10(14)9(13)5-8(7)12/h2-6H,15H2,1H3. The van der Waals surface area contributed by atoms with Crippen LogP contribution in [0, 0.1) is 5.82 Å². The van der Waals surface area contributed by atoms with Crippen LogP contribution < -0.4 is 5.73 Å². The second kappa shape index (κ2) is 4.55. The Morgan fingerprint density at radius 1 is 1.35 bits per heavy atom. The SMILES string of the molecule is CC(c1cc(F)c(Cl)cc1Cl)n1nccc1N. The van der Waals surface area contributed by atoms with Crippen LogP contribution >= 0.6 is 23.2 Å². The average molecular weight is 274 g/mol. The number of nitrogens with zero attached hydrogens (tertiary/aromatic N) is 2. The lowest BCUT2D eigenvalue weighted by Crippen LogP contribution is -2.12. The van der Waals surface area contributed by atoms with E-state index in [0.717, 1.165) is 0 Å². The van der Waals surface area contributed by atoms with Gasteiger partial charge < -0.3 is 5.73 Å². The zero-order valence-corrected chi connectivity index (χ0v) is 10.5. The Morgan fingerprint density at radius 2 is 2.06 bits per heavy atom. The lowest BCUT2D eigenvalue weighted by molar-refractivity contribution is 0.564. The van der Waals surface area contributed by atoms with E-state index < -0.39 is 5.82 Å². The predicted octanol–water partition coefficient (Wildman–Crippen LogP) is 3.52. The molecule has 90 valence electrons. The first-order chi connectivity index (χ1) is 8.00. The van der Waals surface area contributed by atoms with Crippen molar-refractivity contribution in [3.05, 3.63) is 45.8 Å². The van der Waals surface area contributed by atoms with Crippen LogP contribution in [0.15, 0.2) is 24.4 Å². The lowest BCUT2D eigenvalue weighted by Gasteiger charge is -2.16. The van der Waals surface area contributed by atoms with Crippen LogP contribution in [0.5, 0.6) is 0 Å². The van der Waals surface area contributed by atoms with Gasteiger partial charge in [-0.2, -0.15) is 5.10 Å². The molecule has 1 unspecified atom stereocenters. The molecule has 1 aromatic carbocycles. The monoisotopic (exact) mass is 273 g/mol. The van der Waals surface area contributed by atoms with E-state index in [1.807, 2.05) is 6.92 Å². The number of benzene rings is 1. The highest BCUT2D eigenvalue weighted by Crippen LogP contribution is 2.31. The minimum absolute atomic E-state index is 0.000567. The number of rotatable bonds is 2. The molecule has 2 N–H and O–H groups in total. The van der Waals surface area contributed by atoms with Crippen molar-refractivity contribution in [2.45, 2.75) is 13.0 Å². The quantitative estimate of drug-likeness (QED) is 0.851. The van der Waals surface area contributed by atoms with E-state index in [1.54, 1.807) is 16.9 Å². The Kier molecular flexibility index (Phi) is 3.26. The Labute approximate surface area is 108 Å². The molecule has 1 heterocycles. The van der Waals surface area contributed by atoms with Crippen LogP contribution in [0.3, 0.4) is 0 Å². The average Bonchev–Trinajstić information content (AvgIpc) is 2.69. The smallest absolute Gasteiger partial charge is 0.142 e. The fourth-order valence-corrected chi connectivity index (χ4v) is 2.18. The first-order valence-corrected chi connectivity index (χ1v) is 5.69. The minimum Gasteiger partial charge on any atom is -0.384 e. The van der Waals surface area contributed by atoms with Gasteiger partial charge in [0.25, 0.3) is 0 Å². The van der Waals surface area contributed by atoms with Gasteiger partial charge in [-0.3, -0.25) is 0 Å². The highest BCUT2D eigenvalue weighted by molar-refractivity contribution is 6.35. The van der Waals surface area contributed by atoms with E-state index in [-0.39, 0.29) is 11.1 Å². The largest absolute Gasteiger partial charge is 0.384 e. The molecule has 1 atom stereocenters. The molecular formula is C11H10Cl2FN3. The Hall–Kier alpha value is -1.26. The maximum atomic E-state index is 13.4. The highest BCUT2D eigenvalue weighted by Gasteiger charge is 2.16. The fourth-order valence-electron chi connectivity index (χ4n) is 1.64. The van der Waals surface area contributed by atoms with Gasteiger partial charge in [-0.15, -0.1) is 0 Å². The van der Waals surface area contributed by atoms with Crippen LogP contribution in [0.1, 0.15) is 18.5 Å². The second-order valence-electron chi connectivity index (χ2n) is 3.66. The van der Waals surface area contributed by atoms with Gasteiger partial charge in [-0.25, -0.2) is 9.07 Å². The molecule has 0 aliphatic heterocycles. The molecule has 0 aliphatic rings. The van der Waals surface area contributed by atoms with Crippen LogP contribution in [-0.4, -0.2) is 9.78 Å². The summed E-state index contributed by atoms with van der Waals surface area (Å²) in [6, 6.07) is 4.08. The summed E-state index contributed by atoms with van der Waals surface area (Å²) >= 11 is 11.7. The summed E-state index contributed by atoms with van der Waals surface area (Å²) in [6.45, 7) is 1.83. The van der Waals surface area contributed by atoms with Gasteiger partial charge in [-0.05, 0) is 30.7 Å². The number of aromatic nitrogens is 2. The highest BCUT2D eigenvalue weighted by atomic mass is 35.5. The Bertz CT molecular complexity index is 554. The van der Waals surface area contributed by atoms with Gasteiger partial charge in [-0.1, -0.05) is 23.2 Å². The number of halogens is 3. The molecule has 0 amide bonds. The van der Waals surface area contributed by atoms with Crippen molar-refractivity contribution in [1.29, 1.82) is 0 Å². The molecule has 2 aromatic rings. The van der Waals surface area contributed by atoms with Gasteiger partial charge in [0.15, 0.2) is 0 Å². The fraction of sp³-hybridized carbons (Fsp3) is 0.182. The van der Waals surface area contributed by atoms with Crippen molar-refractivity contribution in [2.24, 2.45) is 0 Å². The van der Waals surface area contributed by atoms with Crippen LogP contribution in [-0.2, 0) is 0 Å². The van der Waals surface area contributed by atoms with E-state index >= 15 is 0 Å². The molecule has 3 nitrogen and oxygen atoms in total. The number of hydrogen-bond acceptors (Lipinski definition) is 2. The molecular weight excluding hydrogens is 264 g/mol. The third-order valence-corrected chi connectivity index (χ3v) is 3.17. The van der Waals surface area contributed by atoms with Gasteiger partial charge in [0, 0.05) is 5.02 Å². The summed E-state index contributed by atoms with van der Waals surface area (Å²) in [5, 5.41) is 4.45. The number of nitrogens with two attached hydrogens (primary N) is 1. The molecule has 0 spiro atoms. The molecule has 0 aliphatic carbocycles. The molecule has 0 radical (unpaired) electrons. The third kappa shape index (κ3) is 2.23. The third-order valence-electron chi connectivity index (χ3n) is 2.56. The Morgan fingerprint density at radius 3 is 2.65 bits per heavy atom. The van der Waals surface area contributed by atoms with Crippen molar-refractivity contribution in [3.8, 4) is 0 Å². The summed E-state index contributed by atoms with van der Waals surface area (Å²) in [5.41, 5.74) is 6.32. The normalized spacial score (nSPS) is 12.7. The number of anilines is 1. The van der Waals surface area contributed by atoms with Gasteiger partial charge in [0.1, 0.15) is 11.6 Å². The molecule has 0 fully saturated rings. The summed E-state index contributed by atoms with van der Waals surface area (Å²) < 4.78 is 15.0. The molecule has 0 saturated heterocycles. The van der Waals surface area contributed by atoms with Crippen molar-refractivity contribution >= 4 is 29.0 Å². The summed E-state index contributed by atoms with van der Waals surface area (Å²) in [5.74, 6) is -0.0208. The molecule has 0 bridgehead atoms. The van der Waals surface area contributed by atoms with E-state index in [4.69, 9.17) is 28.9 Å². The van der Waals surface area contributed by atoms with Gasteiger partial charge in [0.05, 0.1) is 17.3 Å². The Balaban J connectivity index is 2.48. The minimum atomic E-state index is -0.511. The zero-order valence-electron chi connectivity index (χ0n) is 8.99. The number of nitrogen functional groups attached to an aromatic ring is 1. The van der Waals surface area contributed by atoms with E-state index in [1.165, 1.54) is 12.1 Å². The molecule has 1 aromatic heterocycles. The van der Waals surface area contributed by atoms with E-state index in [0.29, 0.717) is 16.4 Å². The maximum absolute atomic E-state index is 13.4. The van der Waals surface area contributed by atoms with Crippen LogP contribution in [0.4, 0.5) is 10.2 Å². The van der Waals surface area contributed by atoms with Crippen molar-refractivity contribution in [3.63, 3.8) is 0 Å². The van der Waals surface area contributed by atoms with E-state index in [2.05, 4.69) is 5.10 Å². The zero-order chi connectivity index (χ0) is 12.6. The topological polar surface area (TPSA) is 43.8 Å². The summed E-state index contributed by atoms with van der Waals surface area (Å²) in [4.78, 5) is 0. The van der Waals surface area contributed by atoms with Gasteiger partial charge in [0.2, 0.25) is 0 Å². The first kappa shape index (κ1) is 12.2. The van der Waals surface area contributed by atoms with E-state index in [9.17, 15) is 4.39 Å². The summed E-state index contributed by atoms with van der Waals surface area (Å²) in [7, 11) is 0. The molecule has 6 heteroatoms. The van der Waals surface area contributed by atoms with Crippen LogP contribution in [0.2, 0.25) is 10.0 Å². The second-order valence-corrected chi connectivity index (χ2v) is 4.48. The summed E-state index contributed by atoms with van der Waals surface area (Å²) in [6.07, 6.45) is 1.58. The predicted molar refractivity (Wildman–Crippen MR) is 66.9 cm³/mol. The van der Waals surface area contributed by atoms with Crippen molar-refractivity contribution < 1.29 is 4.39 Å². The first-order valence-electron chi connectivity index (χ1n) is 4.94. The van der Waals surface area contributed by atoms with Gasteiger partial charge >= 0.3 is 0 Å². The lowest BCUT2D eigenvalue weighted by atomic mass is 10.1. The number of hydrogen-bond donors (Lipinski definition) is 1. The van der Waals surface area contributed by atoms with Crippen molar-refractivity contribution in [2.75, 3.05) is 5.73 Å². The molecule has 0 saturated carbocycles.